The van der Waals surface area contributed by atoms with Gasteiger partial charge in [-0.3, -0.25) is 24.0 Å². The topological polar surface area (TPSA) is 101 Å². The van der Waals surface area contributed by atoms with E-state index in [1.807, 2.05) is 20.8 Å². The number of thiophene rings is 1. The van der Waals surface area contributed by atoms with Crippen molar-refractivity contribution >= 4 is 50.4 Å². The van der Waals surface area contributed by atoms with Gasteiger partial charge in [-0.15, -0.1) is 11.3 Å². The molecule has 10 heteroatoms. The highest BCUT2D eigenvalue weighted by molar-refractivity contribution is 7.21. The molecule has 0 aliphatic rings. The molecule has 1 aromatic carbocycles. The van der Waals surface area contributed by atoms with Gasteiger partial charge < -0.3 is 5.73 Å². The summed E-state index contributed by atoms with van der Waals surface area (Å²) >= 11 is 7.49. The number of nitrogen functional groups attached to an aromatic ring is 1. The average molecular weight is 467 g/mol. The number of amides is 1. The predicted molar refractivity (Wildman–Crippen MR) is 124 cm³/mol. The maximum atomic E-state index is 13.6. The van der Waals surface area contributed by atoms with Crippen LogP contribution < -0.4 is 21.9 Å². The Balaban J connectivity index is 2.18. The van der Waals surface area contributed by atoms with Crippen molar-refractivity contribution in [2.24, 2.45) is 5.92 Å². The predicted octanol–water partition coefficient (Wildman–Crippen LogP) is 4.23. The van der Waals surface area contributed by atoms with E-state index in [2.05, 4.69) is 4.98 Å². The maximum Gasteiger partial charge on any atom is 0.330 e. The van der Waals surface area contributed by atoms with E-state index in [4.69, 9.17) is 17.3 Å². The maximum absolute atomic E-state index is 13.6. The van der Waals surface area contributed by atoms with Gasteiger partial charge in [-0.1, -0.05) is 38.8 Å². The number of unbranched alkanes of at least 4 members (excludes halogenated alkanes) is 1. The second-order valence-corrected chi connectivity index (χ2v) is 9.12. The van der Waals surface area contributed by atoms with Crippen LogP contribution in [0.25, 0.3) is 10.1 Å². The molecule has 0 aliphatic heterocycles. The first kappa shape index (κ1) is 23.0. The molecule has 3 rings (SSSR count). The van der Waals surface area contributed by atoms with E-state index in [9.17, 15) is 18.8 Å². The van der Waals surface area contributed by atoms with Crippen molar-refractivity contribution in [3.05, 3.63) is 54.8 Å². The molecule has 7 nitrogen and oxygen atoms in total. The van der Waals surface area contributed by atoms with Gasteiger partial charge in [0.1, 0.15) is 16.5 Å². The zero-order valence-corrected chi connectivity index (χ0v) is 19.1. The van der Waals surface area contributed by atoms with E-state index in [1.54, 1.807) is 0 Å². The van der Waals surface area contributed by atoms with Gasteiger partial charge in [-0.05, 0) is 30.5 Å². The fourth-order valence-electron chi connectivity index (χ4n) is 3.31. The number of anilines is 2. The molecule has 0 radical (unpaired) electrons. The van der Waals surface area contributed by atoms with Crippen LogP contribution in [0.4, 0.5) is 15.9 Å². The third-order valence-electron chi connectivity index (χ3n) is 4.80. The number of H-pyrrole nitrogens is 1. The van der Waals surface area contributed by atoms with Crippen LogP contribution >= 0.6 is 22.9 Å². The number of hydrogen-bond donors (Lipinski definition) is 2. The van der Waals surface area contributed by atoms with Crippen molar-refractivity contribution < 1.29 is 9.18 Å². The van der Waals surface area contributed by atoms with Gasteiger partial charge in [-0.2, -0.15) is 0 Å². The van der Waals surface area contributed by atoms with E-state index in [0.29, 0.717) is 16.5 Å². The molecule has 0 saturated heterocycles. The molecular formula is C21H24ClFN4O3S. The van der Waals surface area contributed by atoms with Crippen LogP contribution in [0.2, 0.25) is 5.02 Å². The van der Waals surface area contributed by atoms with Crippen LogP contribution in [0.5, 0.6) is 0 Å². The van der Waals surface area contributed by atoms with Gasteiger partial charge >= 0.3 is 5.69 Å². The summed E-state index contributed by atoms with van der Waals surface area (Å²) in [4.78, 5) is 42.2. The van der Waals surface area contributed by atoms with Crippen molar-refractivity contribution in [3.8, 4) is 0 Å². The van der Waals surface area contributed by atoms with E-state index in [1.165, 1.54) is 27.7 Å². The second kappa shape index (κ2) is 9.23. The number of fused-ring (bicyclic) bond motifs is 1. The molecule has 0 unspecified atom stereocenters. The summed E-state index contributed by atoms with van der Waals surface area (Å²) in [6.07, 6.45) is 1.36. The molecule has 0 aliphatic carbocycles. The SMILES string of the molecule is CCCCN(C(=O)c1sc2cc(F)ccc2c1Cl)c1c(N)n(CC(C)C)c(=O)[nH]c1=O. The summed E-state index contributed by atoms with van der Waals surface area (Å²) in [6.45, 7) is 6.26. The smallest absolute Gasteiger partial charge is 0.330 e. The Bertz CT molecular complexity index is 1250. The van der Waals surface area contributed by atoms with E-state index < -0.39 is 23.0 Å². The number of halogens is 2. The number of aromatic nitrogens is 2. The summed E-state index contributed by atoms with van der Waals surface area (Å²) in [5, 5.41) is 0.746. The Morgan fingerprint density at radius 1 is 1.35 bits per heavy atom. The number of carbonyl (C=O) groups is 1. The number of carbonyl (C=O) groups excluding carboxylic acids is 1. The fourth-order valence-corrected chi connectivity index (χ4v) is 4.80. The van der Waals surface area contributed by atoms with Crippen molar-refractivity contribution in [2.75, 3.05) is 17.2 Å². The molecule has 2 heterocycles. The van der Waals surface area contributed by atoms with Gasteiger partial charge in [0, 0.05) is 23.2 Å². The zero-order chi connectivity index (χ0) is 22.9. The number of nitrogens with zero attached hydrogens (tertiary/aromatic N) is 2. The zero-order valence-electron chi connectivity index (χ0n) is 17.5. The quantitative estimate of drug-likeness (QED) is 0.544. The summed E-state index contributed by atoms with van der Waals surface area (Å²) in [6, 6.07) is 4.10. The van der Waals surface area contributed by atoms with Crippen LogP contribution in [0.15, 0.2) is 27.8 Å². The monoisotopic (exact) mass is 466 g/mol. The van der Waals surface area contributed by atoms with E-state index >= 15 is 0 Å². The molecule has 0 bridgehead atoms. The normalized spacial score (nSPS) is 11.4. The van der Waals surface area contributed by atoms with E-state index in [0.717, 1.165) is 17.8 Å². The van der Waals surface area contributed by atoms with Crippen molar-refractivity contribution in [1.82, 2.24) is 9.55 Å². The molecule has 2 aromatic heterocycles. The highest BCUT2D eigenvalue weighted by atomic mass is 35.5. The molecule has 0 fully saturated rings. The summed E-state index contributed by atoms with van der Waals surface area (Å²) in [7, 11) is 0. The number of aromatic amines is 1. The van der Waals surface area contributed by atoms with Gasteiger partial charge in [0.15, 0.2) is 5.69 Å². The van der Waals surface area contributed by atoms with Crippen LogP contribution in [-0.4, -0.2) is 22.0 Å². The summed E-state index contributed by atoms with van der Waals surface area (Å²) in [5.41, 5.74) is 4.77. The van der Waals surface area contributed by atoms with E-state index in [-0.39, 0.29) is 40.4 Å². The number of hydrogen-bond acceptors (Lipinski definition) is 5. The third-order valence-corrected chi connectivity index (χ3v) is 6.44. The van der Waals surface area contributed by atoms with Crippen LogP contribution in [0.3, 0.4) is 0 Å². The summed E-state index contributed by atoms with van der Waals surface area (Å²) < 4.78 is 15.4. The molecule has 0 spiro atoms. The minimum absolute atomic E-state index is 0.0739. The van der Waals surface area contributed by atoms with Crippen LogP contribution in [0, 0.1) is 11.7 Å². The summed E-state index contributed by atoms with van der Waals surface area (Å²) in [5.74, 6) is -0.943. The molecule has 166 valence electrons. The van der Waals surface area contributed by atoms with Gasteiger partial charge in [0.25, 0.3) is 11.5 Å². The first-order valence-electron chi connectivity index (χ1n) is 9.97. The van der Waals surface area contributed by atoms with Crippen molar-refractivity contribution in [3.63, 3.8) is 0 Å². The lowest BCUT2D eigenvalue weighted by Gasteiger charge is -2.24. The van der Waals surface area contributed by atoms with Crippen LogP contribution in [0.1, 0.15) is 43.3 Å². The lowest BCUT2D eigenvalue weighted by molar-refractivity contribution is 0.0990. The Labute approximate surface area is 187 Å². The first-order chi connectivity index (χ1) is 14.6. The minimum Gasteiger partial charge on any atom is -0.383 e. The lowest BCUT2D eigenvalue weighted by atomic mass is 10.2. The first-order valence-corrected chi connectivity index (χ1v) is 11.2. The number of rotatable bonds is 7. The van der Waals surface area contributed by atoms with Gasteiger partial charge in [0.05, 0.1) is 5.02 Å². The number of nitrogens with one attached hydrogen (secondary N) is 1. The van der Waals surface area contributed by atoms with Crippen LogP contribution in [-0.2, 0) is 6.54 Å². The standard InChI is InChI=1S/C21H24ClFN4O3S/c1-4-5-8-26(16-18(24)27(10-11(2)3)21(30)25-19(16)28)20(29)17-15(22)13-7-6-12(23)9-14(13)31-17/h6-7,9,11H,4-5,8,10,24H2,1-3H3,(H,25,28,30). The molecule has 31 heavy (non-hydrogen) atoms. The molecule has 3 aromatic rings. The molecule has 3 N–H and O–H groups in total. The van der Waals surface area contributed by atoms with Gasteiger partial charge in [0.2, 0.25) is 0 Å². The Hall–Kier alpha value is -2.65. The molecular weight excluding hydrogens is 443 g/mol. The lowest BCUT2D eigenvalue weighted by Crippen LogP contribution is -2.42. The Morgan fingerprint density at radius 3 is 2.71 bits per heavy atom. The molecule has 0 saturated carbocycles. The number of nitrogens with two attached hydrogens (primary N) is 1. The highest BCUT2D eigenvalue weighted by Gasteiger charge is 2.28. The highest BCUT2D eigenvalue weighted by Crippen LogP contribution is 2.37. The Kier molecular flexibility index (Phi) is 6.86. The largest absolute Gasteiger partial charge is 0.383 e. The van der Waals surface area contributed by atoms with Gasteiger partial charge in [-0.25, -0.2) is 9.18 Å². The fraction of sp³-hybridized carbons (Fsp3) is 0.381. The van der Waals surface area contributed by atoms with Crippen molar-refractivity contribution in [1.29, 1.82) is 0 Å². The average Bonchev–Trinajstić information content (AvgIpc) is 3.02. The molecule has 1 amide bonds. The third kappa shape index (κ3) is 4.52. The Morgan fingerprint density at radius 2 is 2.06 bits per heavy atom. The minimum atomic E-state index is -0.741. The number of benzene rings is 1. The molecule has 0 atom stereocenters. The van der Waals surface area contributed by atoms with Crippen molar-refractivity contribution in [2.45, 2.75) is 40.2 Å². The second-order valence-electron chi connectivity index (χ2n) is 7.69.